The second-order valence-corrected chi connectivity index (χ2v) is 6.49. The summed E-state index contributed by atoms with van der Waals surface area (Å²) < 4.78 is 5.17. The van der Waals surface area contributed by atoms with Crippen molar-refractivity contribution in [2.45, 2.75) is 26.7 Å². The molecule has 1 aromatic carbocycles. The van der Waals surface area contributed by atoms with Gasteiger partial charge in [-0.3, -0.25) is 4.79 Å². The maximum atomic E-state index is 12.1. The van der Waals surface area contributed by atoms with Gasteiger partial charge >= 0.3 is 5.97 Å². The van der Waals surface area contributed by atoms with Crippen LogP contribution in [0.5, 0.6) is 0 Å². The highest BCUT2D eigenvalue weighted by Gasteiger charge is 2.29. The number of benzene rings is 1. The van der Waals surface area contributed by atoms with Gasteiger partial charge < -0.3 is 20.7 Å². The minimum atomic E-state index is -0.150. The van der Waals surface area contributed by atoms with Crippen molar-refractivity contribution in [2.75, 3.05) is 35.6 Å². The van der Waals surface area contributed by atoms with E-state index in [0.717, 1.165) is 30.6 Å². The van der Waals surface area contributed by atoms with E-state index in [1.807, 2.05) is 43.0 Å². The highest BCUT2D eigenvalue weighted by Crippen LogP contribution is 2.31. The van der Waals surface area contributed by atoms with E-state index >= 15 is 0 Å². The number of nitrogen functional groups attached to an aromatic ring is 1. The molecule has 0 spiro atoms. The number of nitrogens with one attached hydrogen (secondary N) is 1. The summed E-state index contributed by atoms with van der Waals surface area (Å²) in [6.07, 6.45) is 3.22. The molecule has 1 unspecified atom stereocenters. The van der Waals surface area contributed by atoms with E-state index in [9.17, 15) is 4.79 Å². The molecule has 2 heterocycles. The molecule has 26 heavy (non-hydrogen) atoms. The van der Waals surface area contributed by atoms with Gasteiger partial charge in [0, 0.05) is 18.8 Å². The monoisotopic (exact) mass is 355 g/mol. The fourth-order valence-corrected chi connectivity index (χ4v) is 3.22. The Balaban J connectivity index is 1.79. The van der Waals surface area contributed by atoms with Gasteiger partial charge in [-0.1, -0.05) is 12.1 Å². The Labute approximate surface area is 153 Å². The topological polar surface area (TPSA) is 93.4 Å². The highest BCUT2D eigenvalue weighted by atomic mass is 16.5. The molecule has 0 amide bonds. The van der Waals surface area contributed by atoms with Crippen LogP contribution in [-0.4, -0.2) is 35.6 Å². The first-order valence-corrected chi connectivity index (χ1v) is 8.94. The Kier molecular flexibility index (Phi) is 5.55. The highest BCUT2D eigenvalue weighted by molar-refractivity contribution is 5.79. The largest absolute Gasteiger partial charge is 0.466 e. The summed E-state index contributed by atoms with van der Waals surface area (Å²) in [6.45, 7) is 5.62. The number of carbonyl (C=O) groups is 1. The number of hydrogen-bond donors (Lipinski definition) is 2. The number of rotatable bonds is 5. The molecular formula is C19H25N5O2. The van der Waals surface area contributed by atoms with Crippen LogP contribution in [0.15, 0.2) is 30.6 Å². The predicted octanol–water partition coefficient (Wildman–Crippen LogP) is 2.89. The smallest absolute Gasteiger partial charge is 0.310 e. The molecule has 7 nitrogen and oxygen atoms in total. The Morgan fingerprint density at radius 1 is 1.42 bits per heavy atom. The zero-order valence-electron chi connectivity index (χ0n) is 15.2. The van der Waals surface area contributed by atoms with Gasteiger partial charge in [0.2, 0.25) is 0 Å². The lowest BCUT2D eigenvalue weighted by molar-refractivity contribution is -0.148. The standard InChI is InChI=1S/C19H25N5O2/c1-3-26-19(25)14-7-5-9-24(11-14)18-16(20)17(21-12-22-18)23-15-8-4-6-13(2)10-15/h4,6,8,10,12,14H,3,5,7,9,11,20H2,1-2H3,(H,21,22,23). The molecule has 0 aliphatic carbocycles. The number of nitrogens with two attached hydrogens (primary N) is 1. The number of nitrogens with zero attached hydrogens (tertiary/aromatic N) is 3. The third kappa shape index (κ3) is 4.04. The Morgan fingerprint density at radius 2 is 2.27 bits per heavy atom. The lowest BCUT2D eigenvalue weighted by atomic mass is 9.98. The first-order valence-electron chi connectivity index (χ1n) is 8.94. The van der Waals surface area contributed by atoms with Gasteiger partial charge in [-0.2, -0.15) is 0 Å². The van der Waals surface area contributed by atoms with Crippen LogP contribution in [0.2, 0.25) is 0 Å². The number of carbonyl (C=O) groups excluding carboxylic acids is 1. The number of piperidine rings is 1. The van der Waals surface area contributed by atoms with E-state index < -0.39 is 0 Å². The number of aromatic nitrogens is 2. The van der Waals surface area contributed by atoms with Crippen molar-refractivity contribution >= 4 is 29.0 Å². The zero-order valence-corrected chi connectivity index (χ0v) is 15.2. The molecule has 1 aliphatic rings. The minimum Gasteiger partial charge on any atom is -0.466 e. The van der Waals surface area contributed by atoms with Crippen LogP contribution in [0.3, 0.4) is 0 Å². The summed E-state index contributed by atoms with van der Waals surface area (Å²) in [5, 5.41) is 3.25. The molecule has 1 aliphatic heterocycles. The number of hydrogen-bond acceptors (Lipinski definition) is 7. The van der Waals surface area contributed by atoms with Crippen molar-refractivity contribution in [3.8, 4) is 0 Å². The van der Waals surface area contributed by atoms with E-state index in [1.165, 1.54) is 6.33 Å². The first-order chi connectivity index (χ1) is 12.6. The molecular weight excluding hydrogens is 330 g/mol. The van der Waals surface area contributed by atoms with Crippen LogP contribution in [0.1, 0.15) is 25.3 Å². The third-order valence-corrected chi connectivity index (χ3v) is 4.48. The van der Waals surface area contributed by atoms with Crippen LogP contribution in [0.4, 0.5) is 23.0 Å². The quantitative estimate of drug-likeness (QED) is 0.797. The summed E-state index contributed by atoms with van der Waals surface area (Å²) in [5.74, 6) is 0.928. The minimum absolute atomic E-state index is 0.147. The van der Waals surface area contributed by atoms with E-state index in [2.05, 4.69) is 15.3 Å². The van der Waals surface area contributed by atoms with Gasteiger partial charge in [0.1, 0.15) is 12.0 Å². The molecule has 2 aromatic rings. The molecule has 138 valence electrons. The lowest BCUT2D eigenvalue weighted by Gasteiger charge is -2.33. The number of aryl methyl sites for hydroxylation is 1. The first kappa shape index (κ1) is 18.0. The predicted molar refractivity (Wildman–Crippen MR) is 102 cm³/mol. The van der Waals surface area contributed by atoms with Crippen LogP contribution >= 0.6 is 0 Å². The summed E-state index contributed by atoms with van der Waals surface area (Å²) >= 11 is 0. The van der Waals surface area contributed by atoms with Crippen LogP contribution in [0, 0.1) is 12.8 Å². The third-order valence-electron chi connectivity index (χ3n) is 4.48. The second kappa shape index (κ2) is 8.03. The molecule has 0 saturated carbocycles. The van der Waals surface area contributed by atoms with Gasteiger partial charge in [-0.05, 0) is 44.4 Å². The maximum absolute atomic E-state index is 12.1. The van der Waals surface area contributed by atoms with E-state index in [1.54, 1.807) is 0 Å². The molecule has 3 N–H and O–H groups in total. The molecule has 3 rings (SSSR count). The van der Waals surface area contributed by atoms with Crippen LogP contribution < -0.4 is 16.0 Å². The summed E-state index contributed by atoms with van der Waals surface area (Å²) in [6, 6.07) is 8.00. The van der Waals surface area contributed by atoms with Crippen LogP contribution in [0.25, 0.3) is 0 Å². The summed E-state index contributed by atoms with van der Waals surface area (Å²) in [4.78, 5) is 22.8. The Morgan fingerprint density at radius 3 is 3.04 bits per heavy atom. The number of esters is 1. The lowest BCUT2D eigenvalue weighted by Crippen LogP contribution is -2.40. The number of ether oxygens (including phenoxy) is 1. The van der Waals surface area contributed by atoms with Gasteiger partial charge in [0.15, 0.2) is 11.6 Å². The van der Waals surface area contributed by atoms with Crippen molar-refractivity contribution in [1.29, 1.82) is 0 Å². The van der Waals surface area contributed by atoms with Crippen molar-refractivity contribution in [3.05, 3.63) is 36.2 Å². The molecule has 0 bridgehead atoms. The summed E-state index contributed by atoms with van der Waals surface area (Å²) in [5.41, 5.74) is 8.89. The number of anilines is 4. The van der Waals surface area contributed by atoms with Crippen LogP contribution in [-0.2, 0) is 9.53 Å². The normalized spacial score (nSPS) is 17.0. The van der Waals surface area contributed by atoms with Gasteiger partial charge in [0.25, 0.3) is 0 Å². The SMILES string of the molecule is CCOC(=O)C1CCCN(c2ncnc(Nc3cccc(C)c3)c2N)C1. The zero-order chi connectivity index (χ0) is 18.5. The van der Waals surface area contributed by atoms with Gasteiger partial charge in [-0.25, -0.2) is 9.97 Å². The molecule has 1 fully saturated rings. The van der Waals surface area contributed by atoms with Gasteiger partial charge in [-0.15, -0.1) is 0 Å². The van der Waals surface area contributed by atoms with Gasteiger partial charge in [0.05, 0.1) is 12.5 Å². The molecule has 1 saturated heterocycles. The van der Waals surface area contributed by atoms with Crippen molar-refractivity contribution in [2.24, 2.45) is 5.92 Å². The molecule has 1 atom stereocenters. The van der Waals surface area contributed by atoms with E-state index in [0.29, 0.717) is 30.5 Å². The Hall–Kier alpha value is -2.83. The average Bonchev–Trinajstić information content (AvgIpc) is 2.64. The average molecular weight is 355 g/mol. The molecule has 1 aromatic heterocycles. The van der Waals surface area contributed by atoms with Crippen molar-refractivity contribution in [1.82, 2.24) is 9.97 Å². The molecule has 7 heteroatoms. The second-order valence-electron chi connectivity index (χ2n) is 6.49. The summed E-state index contributed by atoms with van der Waals surface area (Å²) in [7, 11) is 0. The van der Waals surface area contributed by atoms with Crippen molar-refractivity contribution < 1.29 is 9.53 Å². The fraction of sp³-hybridized carbons (Fsp3) is 0.421. The Bertz CT molecular complexity index is 780. The van der Waals surface area contributed by atoms with Crippen molar-refractivity contribution in [3.63, 3.8) is 0 Å². The van der Waals surface area contributed by atoms with E-state index in [4.69, 9.17) is 10.5 Å². The fourth-order valence-electron chi connectivity index (χ4n) is 3.22. The molecule has 0 radical (unpaired) electrons. The van der Waals surface area contributed by atoms with E-state index in [-0.39, 0.29) is 11.9 Å². The maximum Gasteiger partial charge on any atom is 0.310 e.